The molecular formula is C62H54FeP4. The Hall–Kier alpha value is -5.30. The van der Waals surface area contributed by atoms with Crippen LogP contribution in [0.5, 0.6) is 0 Å². The smallest absolute Gasteiger partial charge is 0.205 e. The number of benzene rings is 8. The Bertz CT molecular complexity index is 2630. The quantitative estimate of drug-likeness (QED) is 0.0650. The van der Waals surface area contributed by atoms with Crippen LogP contribution in [0, 0.1) is 0 Å². The molecule has 5 heteroatoms. The SMILES string of the molecule is CC(C)(C)[c-]1cc(P(c2ccccc2)c2ccccc2)c(P(c2ccccc2)c2ccccc2)c1.[Fe+2].c1ccc(P(c2ccccc2)c2cc[c-](P(c3ccccc3)c3ccccc3)c2)cc1. The van der Waals surface area contributed by atoms with Gasteiger partial charge in [-0.25, -0.2) is 6.07 Å². The van der Waals surface area contributed by atoms with Crippen LogP contribution in [0.15, 0.2) is 273 Å². The van der Waals surface area contributed by atoms with E-state index in [-0.39, 0.29) is 22.5 Å². The maximum absolute atomic E-state index is 2.52. The third-order valence-corrected chi connectivity index (χ3v) is 21.5. The van der Waals surface area contributed by atoms with Crippen LogP contribution in [0.3, 0.4) is 0 Å². The fraction of sp³-hybridized carbons (Fsp3) is 0.0645. The molecule has 0 amide bonds. The summed E-state index contributed by atoms with van der Waals surface area (Å²) >= 11 is 0. The second kappa shape index (κ2) is 23.1. The van der Waals surface area contributed by atoms with Crippen LogP contribution in [0.2, 0.25) is 0 Å². The van der Waals surface area contributed by atoms with Crippen molar-refractivity contribution in [3.8, 4) is 0 Å². The molecule has 0 aliphatic carbocycles. The molecule has 0 aliphatic rings. The van der Waals surface area contributed by atoms with Crippen molar-refractivity contribution in [2.45, 2.75) is 26.2 Å². The predicted molar refractivity (Wildman–Crippen MR) is 298 cm³/mol. The van der Waals surface area contributed by atoms with Gasteiger partial charge in [0.1, 0.15) is 0 Å². The van der Waals surface area contributed by atoms with Crippen LogP contribution in [-0.2, 0) is 22.5 Å². The van der Waals surface area contributed by atoms with Gasteiger partial charge < -0.3 is 0 Å². The van der Waals surface area contributed by atoms with Gasteiger partial charge in [-0.2, -0.15) is 45.7 Å². The zero-order valence-electron chi connectivity index (χ0n) is 38.1. The average molecular weight is 979 g/mol. The molecule has 0 spiro atoms. The van der Waals surface area contributed by atoms with Crippen LogP contribution in [0.4, 0.5) is 0 Å². The molecule has 0 bridgehead atoms. The molecule has 0 aliphatic heterocycles. The fourth-order valence-corrected chi connectivity index (χ4v) is 18.4. The van der Waals surface area contributed by atoms with Crippen LogP contribution >= 0.6 is 31.7 Å². The Kier molecular flexibility index (Phi) is 16.6. The monoisotopic (exact) mass is 978 g/mol. The summed E-state index contributed by atoms with van der Waals surface area (Å²) in [5, 5.41) is 17.0. The van der Waals surface area contributed by atoms with E-state index in [0.717, 1.165) is 0 Å². The first kappa shape index (κ1) is 48.2. The van der Waals surface area contributed by atoms with Gasteiger partial charge in [-0.15, -0.1) is 5.30 Å². The van der Waals surface area contributed by atoms with Gasteiger partial charge in [0.15, 0.2) is 0 Å². The Morgan fingerprint density at radius 3 is 0.806 bits per heavy atom. The molecule has 0 fully saturated rings. The zero-order chi connectivity index (χ0) is 45.1. The molecule has 330 valence electrons. The molecule has 0 saturated carbocycles. The van der Waals surface area contributed by atoms with E-state index in [4.69, 9.17) is 0 Å². The van der Waals surface area contributed by atoms with Crippen molar-refractivity contribution in [3.05, 3.63) is 279 Å². The van der Waals surface area contributed by atoms with Crippen LogP contribution in [-0.4, -0.2) is 0 Å². The molecule has 0 heterocycles. The summed E-state index contributed by atoms with van der Waals surface area (Å²) in [6.45, 7) is 6.99. The van der Waals surface area contributed by atoms with E-state index in [9.17, 15) is 0 Å². The van der Waals surface area contributed by atoms with Gasteiger partial charge in [-0.3, -0.25) is 0 Å². The Morgan fingerprint density at radius 1 is 0.284 bits per heavy atom. The number of hydrogen-bond donors (Lipinski definition) is 0. The Labute approximate surface area is 414 Å². The van der Waals surface area contributed by atoms with Gasteiger partial charge in [0.25, 0.3) is 0 Å². The molecule has 67 heavy (non-hydrogen) atoms. The van der Waals surface area contributed by atoms with Gasteiger partial charge in [-0.1, -0.05) is 301 Å². The second-order valence-corrected chi connectivity index (χ2v) is 25.9. The standard InChI is InChI=1S/C33H31P2.C29H23P2.Fe/c1-33(2,3)26-24-31(34(27-16-8-4-9-17-27)28-18-10-5-11-19-28)32(25-26)35(29-20-12-6-13-21-29)30-22-14-7-15-23-30;1-5-13-24(14-6-1)30(25-15-7-2-8-16-25)28-21-22-29(23-28)31(26-17-9-3-10-18-26)27-19-11-4-12-20-27;/h4-25H,1-3H3;1-23H;/q2*-1;+2. The average Bonchev–Trinajstić information content (AvgIpc) is 4.03. The van der Waals surface area contributed by atoms with E-state index in [0.29, 0.717) is 0 Å². The van der Waals surface area contributed by atoms with E-state index >= 15 is 0 Å². The van der Waals surface area contributed by atoms with Gasteiger partial charge >= 0.3 is 17.1 Å². The zero-order valence-corrected chi connectivity index (χ0v) is 42.8. The molecular weight excluding hydrogens is 924 g/mol. The molecule has 0 aromatic heterocycles. The minimum Gasteiger partial charge on any atom is -0.205 e. The topological polar surface area (TPSA) is 0 Å². The maximum Gasteiger partial charge on any atom is 2.00 e. The molecule has 0 radical (unpaired) electrons. The van der Waals surface area contributed by atoms with Crippen molar-refractivity contribution >= 4 is 95.3 Å². The van der Waals surface area contributed by atoms with Crippen molar-refractivity contribution < 1.29 is 17.1 Å². The van der Waals surface area contributed by atoms with Crippen LogP contribution in [0.25, 0.3) is 0 Å². The van der Waals surface area contributed by atoms with Crippen molar-refractivity contribution in [1.82, 2.24) is 0 Å². The number of hydrogen-bond acceptors (Lipinski definition) is 0. The summed E-state index contributed by atoms with van der Waals surface area (Å²) in [4.78, 5) is 0. The minimum absolute atomic E-state index is 0. The molecule has 0 saturated heterocycles. The molecule has 10 aromatic rings. The molecule has 0 nitrogen and oxygen atoms in total. The van der Waals surface area contributed by atoms with Gasteiger partial charge in [0, 0.05) is 0 Å². The molecule has 10 rings (SSSR count). The summed E-state index contributed by atoms with van der Waals surface area (Å²) < 4.78 is 0. The predicted octanol–water partition coefficient (Wildman–Crippen LogP) is 11.1. The van der Waals surface area contributed by atoms with E-state index in [2.05, 4.69) is 294 Å². The largest absolute Gasteiger partial charge is 2.00 e. The Balaban J connectivity index is 0.000000180. The summed E-state index contributed by atoms with van der Waals surface area (Å²) in [6.07, 6.45) is 0. The van der Waals surface area contributed by atoms with E-state index in [1.54, 1.807) is 0 Å². The van der Waals surface area contributed by atoms with Gasteiger partial charge in [0.05, 0.1) is 0 Å². The molecule has 0 N–H and O–H groups in total. The Morgan fingerprint density at radius 2 is 0.537 bits per heavy atom. The van der Waals surface area contributed by atoms with Crippen LogP contribution in [0.1, 0.15) is 26.3 Å². The third-order valence-electron chi connectivity index (χ3n) is 11.5. The third kappa shape index (κ3) is 11.7. The normalized spacial score (nSPS) is 11.3. The summed E-state index contributed by atoms with van der Waals surface area (Å²) in [5.41, 5.74) is 1.50. The van der Waals surface area contributed by atoms with E-state index in [1.807, 2.05) is 0 Å². The minimum atomic E-state index is -0.690. The van der Waals surface area contributed by atoms with Crippen molar-refractivity contribution in [2.75, 3.05) is 0 Å². The fourth-order valence-electron chi connectivity index (χ4n) is 8.34. The molecule has 0 unspecified atom stereocenters. The van der Waals surface area contributed by atoms with Gasteiger partial charge in [-0.05, 0) is 42.4 Å². The summed E-state index contributed by atoms with van der Waals surface area (Å²) in [5.74, 6) is 0. The first-order valence-corrected chi connectivity index (χ1v) is 28.0. The summed E-state index contributed by atoms with van der Waals surface area (Å²) in [6, 6.07) is 100. The molecule has 0 atom stereocenters. The van der Waals surface area contributed by atoms with E-state index in [1.165, 1.54) is 69.2 Å². The first-order valence-electron chi connectivity index (χ1n) is 22.6. The molecule has 10 aromatic carbocycles. The maximum atomic E-state index is 2.52. The summed E-state index contributed by atoms with van der Waals surface area (Å²) in [7, 11) is -2.53. The first-order chi connectivity index (χ1) is 32.4. The van der Waals surface area contributed by atoms with Crippen molar-refractivity contribution in [2.24, 2.45) is 0 Å². The van der Waals surface area contributed by atoms with Crippen LogP contribution < -0.4 is 63.7 Å². The van der Waals surface area contributed by atoms with Crippen molar-refractivity contribution in [1.29, 1.82) is 0 Å². The van der Waals surface area contributed by atoms with Gasteiger partial charge in [0.2, 0.25) is 0 Å². The van der Waals surface area contributed by atoms with E-state index < -0.39 is 31.7 Å². The second-order valence-electron chi connectivity index (χ2n) is 17.1. The van der Waals surface area contributed by atoms with Crippen molar-refractivity contribution in [3.63, 3.8) is 0 Å². The number of rotatable bonds is 12.